The second-order valence-electron chi connectivity index (χ2n) is 4.11. The molecule has 16 heavy (non-hydrogen) atoms. The summed E-state index contributed by atoms with van der Waals surface area (Å²) < 4.78 is 0. The van der Waals surface area contributed by atoms with Crippen LogP contribution >= 0.6 is 11.8 Å². The number of pyridine rings is 1. The molecule has 88 valence electrons. The molecule has 4 heteroatoms. The van der Waals surface area contributed by atoms with Gasteiger partial charge in [-0.1, -0.05) is 6.07 Å². The van der Waals surface area contributed by atoms with Crippen LogP contribution in [-0.2, 0) is 0 Å². The fraction of sp³-hybridized carbons (Fsp3) is 0.583. The van der Waals surface area contributed by atoms with Gasteiger partial charge in [0.1, 0.15) is 5.82 Å². The van der Waals surface area contributed by atoms with Gasteiger partial charge in [0.15, 0.2) is 0 Å². The molecule has 1 atom stereocenters. The highest BCUT2D eigenvalue weighted by atomic mass is 32.2. The molecule has 0 amide bonds. The van der Waals surface area contributed by atoms with Crippen LogP contribution in [0, 0.1) is 6.92 Å². The van der Waals surface area contributed by atoms with Crippen LogP contribution in [0.4, 0.5) is 5.82 Å². The molecular weight excluding hydrogens is 218 g/mol. The van der Waals surface area contributed by atoms with E-state index in [-0.39, 0.29) is 0 Å². The third-order valence-corrected chi connectivity index (χ3v) is 3.84. The lowest BCUT2D eigenvalue weighted by Gasteiger charge is -2.11. The maximum atomic E-state index is 4.40. The Hall–Kier alpha value is -0.740. The van der Waals surface area contributed by atoms with Gasteiger partial charge in [0.05, 0.1) is 0 Å². The van der Waals surface area contributed by atoms with Crippen molar-refractivity contribution in [3.63, 3.8) is 0 Å². The molecule has 2 rings (SSSR count). The van der Waals surface area contributed by atoms with Gasteiger partial charge in [-0.15, -0.1) is 0 Å². The second kappa shape index (κ2) is 6.11. The Morgan fingerprint density at radius 1 is 1.44 bits per heavy atom. The Kier molecular flexibility index (Phi) is 4.48. The first-order valence-corrected chi connectivity index (χ1v) is 6.99. The van der Waals surface area contributed by atoms with E-state index in [9.17, 15) is 0 Å². The van der Waals surface area contributed by atoms with Crippen molar-refractivity contribution >= 4 is 17.6 Å². The van der Waals surface area contributed by atoms with Gasteiger partial charge in [0, 0.05) is 30.6 Å². The summed E-state index contributed by atoms with van der Waals surface area (Å²) in [6.45, 7) is 3.97. The summed E-state index contributed by atoms with van der Waals surface area (Å²) in [5.41, 5.74) is 1.06. The third-order valence-electron chi connectivity index (χ3n) is 2.68. The van der Waals surface area contributed by atoms with Crippen LogP contribution in [0.25, 0.3) is 0 Å². The molecule has 0 spiro atoms. The summed E-state index contributed by atoms with van der Waals surface area (Å²) in [5.74, 6) is 3.55. The van der Waals surface area contributed by atoms with E-state index in [4.69, 9.17) is 0 Å². The number of aryl methyl sites for hydroxylation is 1. The number of hydrogen-bond donors (Lipinski definition) is 2. The molecule has 2 N–H and O–H groups in total. The van der Waals surface area contributed by atoms with Crippen LogP contribution in [0.5, 0.6) is 0 Å². The van der Waals surface area contributed by atoms with E-state index in [1.165, 1.54) is 17.9 Å². The zero-order valence-electron chi connectivity index (χ0n) is 9.70. The van der Waals surface area contributed by atoms with E-state index in [2.05, 4.69) is 15.6 Å². The first-order chi connectivity index (χ1) is 7.84. The van der Waals surface area contributed by atoms with Gasteiger partial charge in [-0.25, -0.2) is 4.98 Å². The average molecular weight is 237 g/mol. The zero-order valence-corrected chi connectivity index (χ0v) is 10.5. The van der Waals surface area contributed by atoms with E-state index >= 15 is 0 Å². The van der Waals surface area contributed by atoms with Gasteiger partial charge in [-0.3, -0.25) is 0 Å². The predicted molar refractivity (Wildman–Crippen MR) is 71.2 cm³/mol. The van der Waals surface area contributed by atoms with Crippen LogP contribution < -0.4 is 10.6 Å². The molecule has 1 aromatic heterocycles. The Morgan fingerprint density at radius 3 is 3.12 bits per heavy atom. The standard InChI is InChI=1S/C12H19N3S/c1-10-3-2-4-12(15-10)14-7-6-13-11-5-8-16-9-11/h2-4,11,13H,5-9H2,1H3,(H,14,15). The number of aromatic nitrogens is 1. The van der Waals surface area contributed by atoms with Gasteiger partial charge in [-0.2, -0.15) is 11.8 Å². The van der Waals surface area contributed by atoms with Crippen LogP contribution in [-0.4, -0.2) is 35.6 Å². The zero-order chi connectivity index (χ0) is 11.2. The van der Waals surface area contributed by atoms with Crippen molar-refractivity contribution in [2.45, 2.75) is 19.4 Å². The first-order valence-electron chi connectivity index (χ1n) is 5.83. The van der Waals surface area contributed by atoms with Crippen molar-refractivity contribution in [2.75, 3.05) is 29.9 Å². The monoisotopic (exact) mass is 237 g/mol. The smallest absolute Gasteiger partial charge is 0.126 e. The molecule has 1 saturated heterocycles. The van der Waals surface area contributed by atoms with Crippen molar-refractivity contribution in [2.24, 2.45) is 0 Å². The van der Waals surface area contributed by atoms with Gasteiger partial charge in [0.2, 0.25) is 0 Å². The van der Waals surface area contributed by atoms with Crippen molar-refractivity contribution in [1.29, 1.82) is 0 Å². The largest absolute Gasteiger partial charge is 0.369 e. The molecule has 0 saturated carbocycles. The second-order valence-corrected chi connectivity index (χ2v) is 5.26. The number of nitrogens with one attached hydrogen (secondary N) is 2. The minimum atomic E-state index is 0.720. The summed E-state index contributed by atoms with van der Waals surface area (Å²) >= 11 is 2.04. The molecular formula is C12H19N3S. The van der Waals surface area contributed by atoms with E-state index in [1.807, 2.05) is 36.9 Å². The van der Waals surface area contributed by atoms with E-state index < -0.39 is 0 Å². The molecule has 3 nitrogen and oxygen atoms in total. The molecule has 1 unspecified atom stereocenters. The van der Waals surface area contributed by atoms with E-state index in [0.717, 1.165) is 30.6 Å². The Labute approximate surface area is 101 Å². The van der Waals surface area contributed by atoms with Crippen LogP contribution in [0.2, 0.25) is 0 Å². The average Bonchev–Trinajstić information content (AvgIpc) is 2.77. The fourth-order valence-electron chi connectivity index (χ4n) is 1.80. The number of thioether (sulfide) groups is 1. The maximum Gasteiger partial charge on any atom is 0.126 e. The van der Waals surface area contributed by atoms with Crippen LogP contribution in [0.1, 0.15) is 12.1 Å². The molecule has 1 aliphatic heterocycles. The highest BCUT2D eigenvalue weighted by Crippen LogP contribution is 2.16. The Balaban J connectivity index is 1.64. The van der Waals surface area contributed by atoms with Gasteiger partial charge in [0.25, 0.3) is 0 Å². The molecule has 0 bridgehead atoms. The summed E-state index contributed by atoms with van der Waals surface area (Å²) in [6, 6.07) is 6.78. The molecule has 0 radical (unpaired) electrons. The number of rotatable bonds is 5. The predicted octanol–water partition coefficient (Wildman–Crippen LogP) is 1.90. The molecule has 1 aliphatic rings. The molecule has 1 aromatic rings. The summed E-state index contributed by atoms with van der Waals surface area (Å²) in [6.07, 6.45) is 1.31. The quantitative estimate of drug-likeness (QED) is 0.767. The minimum Gasteiger partial charge on any atom is -0.369 e. The highest BCUT2D eigenvalue weighted by Gasteiger charge is 2.13. The summed E-state index contributed by atoms with van der Waals surface area (Å²) in [4.78, 5) is 4.40. The van der Waals surface area contributed by atoms with Crippen molar-refractivity contribution in [3.05, 3.63) is 23.9 Å². The van der Waals surface area contributed by atoms with E-state index in [1.54, 1.807) is 0 Å². The molecule has 0 aliphatic carbocycles. The lowest BCUT2D eigenvalue weighted by molar-refractivity contribution is 0.570. The molecule has 0 aromatic carbocycles. The van der Waals surface area contributed by atoms with Crippen LogP contribution in [0.3, 0.4) is 0 Å². The number of hydrogen-bond acceptors (Lipinski definition) is 4. The van der Waals surface area contributed by atoms with Gasteiger partial charge in [-0.05, 0) is 31.2 Å². The Bertz CT molecular complexity index is 324. The van der Waals surface area contributed by atoms with Gasteiger partial charge < -0.3 is 10.6 Å². The number of anilines is 1. The number of nitrogens with zero attached hydrogens (tertiary/aromatic N) is 1. The molecule has 2 heterocycles. The third kappa shape index (κ3) is 3.68. The van der Waals surface area contributed by atoms with Crippen LogP contribution in [0.15, 0.2) is 18.2 Å². The lowest BCUT2D eigenvalue weighted by atomic mass is 10.2. The van der Waals surface area contributed by atoms with E-state index in [0.29, 0.717) is 0 Å². The normalized spacial score (nSPS) is 19.9. The van der Waals surface area contributed by atoms with Crippen molar-refractivity contribution in [3.8, 4) is 0 Å². The molecule has 1 fully saturated rings. The topological polar surface area (TPSA) is 37.0 Å². The maximum absolute atomic E-state index is 4.40. The lowest BCUT2D eigenvalue weighted by Crippen LogP contribution is -2.32. The highest BCUT2D eigenvalue weighted by molar-refractivity contribution is 7.99. The fourth-order valence-corrected chi connectivity index (χ4v) is 2.99. The van der Waals surface area contributed by atoms with Gasteiger partial charge >= 0.3 is 0 Å². The Morgan fingerprint density at radius 2 is 2.38 bits per heavy atom. The summed E-state index contributed by atoms with van der Waals surface area (Å²) in [5, 5.41) is 6.88. The van der Waals surface area contributed by atoms with Crippen molar-refractivity contribution in [1.82, 2.24) is 10.3 Å². The SMILES string of the molecule is Cc1cccc(NCCNC2CCSC2)n1. The summed E-state index contributed by atoms with van der Waals surface area (Å²) in [7, 11) is 0. The minimum absolute atomic E-state index is 0.720. The van der Waals surface area contributed by atoms with Crippen molar-refractivity contribution < 1.29 is 0 Å². The first kappa shape index (κ1) is 11.7.